The fourth-order valence-electron chi connectivity index (χ4n) is 5.24. The average Bonchev–Trinajstić information content (AvgIpc) is 3.28. The van der Waals surface area contributed by atoms with Gasteiger partial charge in [-0.2, -0.15) is 0 Å². The topological polar surface area (TPSA) is 85.0 Å². The van der Waals surface area contributed by atoms with Gasteiger partial charge in [-0.1, -0.05) is 41.9 Å². The molecule has 0 radical (unpaired) electrons. The van der Waals surface area contributed by atoms with Crippen LogP contribution in [0, 0.1) is 5.92 Å². The number of carbonyl (C=O) groups is 3. The summed E-state index contributed by atoms with van der Waals surface area (Å²) in [5, 5.41) is 6.78. The second-order valence-electron chi connectivity index (χ2n) is 10.1. The molecule has 3 fully saturated rings. The van der Waals surface area contributed by atoms with E-state index in [0.717, 1.165) is 29.8 Å². The number of anilines is 1. The van der Waals surface area contributed by atoms with E-state index < -0.39 is 6.04 Å². The fourth-order valence-corrected chi connectivity index (χ4v) is 5.36. The number of hydrogen-bond donors (Lipinski definition) is 2. The predicted molar refractivity (Wildman–Crippen MR) is 143 cm³/mol. The van der Waals surface area contributed by atoms with Gasteiger partial charge in [-0.05, 0) is 35.7 Å². The summed E-state index contributed by atoms with van der Waals surface area (Å²) in [6.45, 7) is 5.29. The number of rotatable bonds is 8. The number of nitrogens with one attached hydrogen (secondary N) is 2. The van der Waals surface area contributed by atoms with Crippen LogP contribution in [0.5, 0.6) is 0 Å². The Balaban J connectivity index is 1.24. The number of carbonyl (C=O) groups excluding carboxylic acids is 3. The summed E-state index contributed by atoms with van der Waals surface area (Å²) < 4.78 is 0. The molecule has 0 unspecified atom stereocenters. The van der Waals surface area contributed by atoms with Gasteiger partial charge in [-0.15, -0.1) is 0 Å². The maximum atomic E-state index is 13.6. The standard InChI is InChI=1S/C28H34ClN5O3/c29-23-9-7-20(8-10-23)16-24(31-27(36)22-17-30-18-22)28(37)33-14-12-32(13-15-33)25-5-2-1-4-21(25)19-34-11-3-6-26(34)35/h1-2,4-5,7-10,22,24,30H,3,6,11-19H2,(H,31,36)/t24-/m1/s1. The van der Waals surface area contributed by atoms with Crippen LogP contribution in [0.2, 0.25) is 5.02 Å². The smallest absolute Gasteiger partial charge is 0.245 e. The van der Waals surface area contributed by atoms with Crippen LogP contribution in [0.25, 0.3) is 0 Å². The van der Waals surface area contributed by atoms with Gasteiger partial charge in [0.05, 0.1) is 5.92 Å². The number of halogens is 1. The van der Waals surface area contributed by atoms with Gasteiger partial charge in [0.1, 0.15) is 6.04 Å². The van der Waals surface area contributed by atoms with Gasteiger partial charge in [0.2, 0.25) is 17.7 Å². The van der Waals surface area contributed by atoms with E-state index in [1.54, 1.807) is 0 Å². The zero-order valence-corrected chi connectivity index (χ0v) is 21.8. The van der Waals surface area contributed by atoms with Crippen LogP contribution < -0.4 is 15.5 Å². The lowest BCUT2D eigenvalue weighted by molar-refractivity contribution is -0.138. The lowest BCUT2D eigenvalue weighted by atomic mass is 9.99. The normalized spacial score (nSPS) is 19.1. The van der Waals surface area contributed by atoms with Crippen molar-refractivity contribution < 1.29 is 14.4 Å². The van der Waals surface area contributed by atoms with E-state index in [0.29, 0.717) is 63.7 Å². The van der Waals surface area contributed by atoms with E-state index in [1.807, 2.05) is 46.2 Å². The molecule has 0 saturated carbocycles. The zero-order valence-electron chi connectivity index (χ0n) is 21.0. The van der Waals surface area contributed by atoms with Crippen molar-refractivity contribution in [3.05, 3.63) is 64.7 Å². The maximum Gasteiger partial charge on any atom is 0.245 e. The molecule has 9 heteroatoms. The molecule has 2 N–H and O–H groups in total. The van der Waals surface area contributed by atoms with Gasteiger partial charge < -0.3 is 25.3 Å². The van der Waals surface area contributed by atoms with Gasteiger partial charge in [-0.3, -0.25) is 14.4 Å². The summed E-state index contributed by atoms with van der Waals surface area (Å²) in [7, 11) is 0. The molecule has 37 heavy (non-hydrogen) atoms. The summed E-state index contributed by atoms with van der Waals surface area (Å²) >= 11 is 6.04. The Morgan fingerprint density at radius 1 is 1.00 bits per heavy atom. The number of hydrogen-bond acceptors (Lipinski definition) is 5. The lowest BCUT2D eigenvalue weighted by Gasteiger charge is -2.39. The molecule has 0 aliphatic carbocycles. The minimum atomic E-state index is -0.616. The monoisotopic (exact) mass is 523 g/mol. The molecule has 3 heterocycles. The molecular formula is C28H34ClN5O3. The number of para-hydroxylation sites is 1. The number of piperazine rings is 1. The molecule has 0 spiro atoms. The van der Waals surface area contributed by atoms with E-state index in [2.05, 4.69) is 27.7 Å². The molecule has 1 atom stereocenters. The first-order valence-corrected chi connectivity index (χ1v) is 13.5. The highest BCUT2D eigenvalue weighted by molar-refractivity contribution is 6.30. The largest absolute Gasteiger partial charge is 0.368 e. The van der Waals surface area contributed by atoms with Crippen molar-refractivity contribution in [2.75, 3.05) is 50.7 Å². The lowest BCUT2D eigenvalue weighted by Crippen LogP contribution is -2.58. The van der Waals surface area contributed by atoms with Crippen molar-refractivity contribution in [3.63, 3.8) is 0 Å². The van der Waals surface area contributed by atoms with Gasteiger partial charge in [0, 0.05) is 75.9 Å². The first-order chi connectivity index (χ1) is 18.0. The van der Waals surface area contributed by atoms with Crippen molar-refractivity contribution in [2.24, 2.45) is 5.92 Å². The van der Waals surface area contributed by atoms with Gasteiger partial charge in [0.15, 0.2) is 0 Å². The highest BCUT2D eigenvalue weighted by Crippen LogP contribution is 2.25. The molecule has 0 bridgehead atoms. The minimum Gasteiger partial charge on any atom is -0.368 e. The van der Waals surface area contributed by atoms with Crippen LogP contribution >= 0.6 is 11.6 Å². The highest BCUT2D eigenvalue weighted by atomic mass is 35.5. The summed E-state index contributed by atoms with van der Waals surface area (Å²) in [5.41, 5.74) is 3.22. The van der Waals surface area contributed by atoms with Gasteiger partial charge in [0.25, 0.3) is 0 Å². The van der Waals surface area contributed by atoms with E-state index in [9.17, 15) is 14.4 Å². The van der Waals surface area contributed by atoms with Crippen molar-refractivity contribution in [2.45, 2.75) is 31.8 Å². The number of benzene rings is 2. The Morgan fingerprint density at radius 2 is 1.73 bits per heavy atom. The molecular weight excluding hydrogens is 490 g/mol. The summed E-state index contributed by atoms with van der Waals surface area (Å²) in [4.78, 5) is 44.6. The van der Waals surface area contributed by atoms with Crippen molar-refractivity contribution >= 4 is 35.0 Å². The Kier molecular flexibility index (Phi) is 7.96. The van der Waals surface area contributed by atoms with E-state index >= 15 is 0 Å². The van der Waals surface area contributed by atoms with Crippen LogP contribution in [0.4, 0.5) is 5.69 Å². The molecule has 3 aliphatic rings. The molecule has 5 rings (SSSR count). The Labute approximate surface area is 222 Å². The van der Waals surface area contributed by atoms with Crippen molar-refractivity contribution in [3.8, 4) is 0 Å². The third-order valence-corrected chi connectivity index (χ3v) is 7.83. The molecule has 3 amide bonds. The summed E-state index contributed by atoms with van der Waals surface area (Å²) in [6.07, 6.45) is 1.98. The first-order valence-electron chi connectivity index (χ1n) is 13.1. The Morgan fingerprint density at radius 3 is 2.38 bits per heavy atom. The molecule has 0 aromatic heterocycles. The van der Waals surface area contributed by atoms with Gasteiger partial charge in [-0.25, -0.2) is 0 Å². The highest BCUT2D eigenvalue weighted by Gasteiger charge is 2.33. The second kappa shape index (κ2) is 11.5. The number of likely N-dealkylation sites (tertiary alicyclic amines) is 1. The molecule has 3 aliphatic heterocycles. The first kappa shape index (κ1) is 25.5. The van der Waals surface area contributed by atoms with E-state index in [-0.39, 0.29) is 23.6 Å². The van der Waals surface area contributed by atoms with Gasteiger partial charge >= 0.3 is 0 Å². The molecule has 196 valence electrons. The molecule has 2 aromatic rings. The number of nitrogens with zero attached hydrogens (tertiary/aromatic N) is 3. The third-order valence-electron chi connectivity index (χ3n) is 7.58. The third kappa shape index (κ3) is 6.08. The van der Waals surface area contributed by atoms with Crippen molar-refractivity contribution in [1.29, 1.82) is 0 Å². The zero-order chi connectivity index (χ0) is 25.8. The Bertz CT molecular complexity index is 1130. The van der Waals surface area contributed by atoms with Crippen LogP contribution in [-0.2, 0) is 27.3 Å². The summed E-state index contributed by atoms with van der Waals surface area (Å²) in [6, 6.07) is 15.0. The average molecular weight is 524 g/mol. The van der Waals surface area contributed by atoms with Crippen LogP contribution in [0.1, 0.15) is 24.0 Å². The van der Waals surface area contributed by atoms with Crippen molar-refractivity contribution in [1.82, 2.24) is 20.4 Å². The number of amides is 3. The van der Waals surface area contributed by atoms with Crippen LogP contribution in [0.3, 0.4) is 0 Å². The predicted octanol–water partition coefficient (Wildman–Crippen LogP) is 2.06. The minimum absolute atomic E-state index is 0.0498. The summed E-state index contributed by atoms with van der Waals surface area (Å²) in [5.74, 6) is 0.00861. The maximum absolute atomic E-state index is 13.6. The molecule has 2 aromatic carbocycles. The quantitative estimate of drug-likeness (QED) is 0.553. The second-order valence-corrected chi connectivity index (χ2v) is 10.5. The fraction of sp³-hybridized carbons (Fsp3) is 0.464. The van der Waals surface area contributed by atoms with E-state index in [1.165, 1.54) is 0 Å². The Hall–Kier alpha value is -3.10. The SMILES string of the molecule is O=C(N[C@H](Cc1ccc(Cl)cc1)C(=O)N1CCN(c2ccccc2CN2CCCC2=O)CC1)C1CNC1. The van der Waals surface area contributed by atoms with Crippen LogP contribution in [-0.4, -0.2) is 79.4 Å². The van der Waals surface area contributed by atoms with Crippen LogP contribution in [0.15, 0.2) is 48.5 Å². The molecule has 8 nitrogen and oxygen atoms in total. The molecule has 3 saturated heterocycles. The van der Waals surface area contributed by atoms with E-state index in [4.69, 9.17) is 11.6 Å².